The van der Waals surface area contributed by atoms with Crippen LogP contribution in [0.4, 0.5) is 4.39 Å². The highest BCUT2D eigenvalue weighted by Gasteiger charge is 2.30. The van der Waals surface area contributed by atoms with Crippen molar-refractivity contribution in [1.82, 2.24) is 10.2 Å². The van der Waals surface area contributed by atoms with Gasteiger partial charge in [-0.3, -0.25) is 4.99 Å². The third kappa shape index (κ3) is 2.48. The van der Waals surface area contributed by atoms with E-state index >= 15 is 0 Å². The largest absolute Gasteiger partial charge is 0.276 e. The molecule has 0 N–H and O–H groups in total. The molecule has 0 spiro atoms. The van der Waals surface area contributed by atoms with Crippen LogP contribution in [0.15, 0.2) is 53.5 Å². The molecule has 4 heteroatoms. The van der Waals surface area contributed by atoms with E-state index < -0.39 is 0 Å². The van der Waals surface area contributed by atoms with Crippen LogP contribution in [-0.2, 0) is 6.42 Å². The summed E-state index contributed by atoms with van der Waals surface area (Å²) in [5, 5.41) is 9.38. The zero-order valence-electron chi connectivity index (χ0n) is 13.8. The molecule has 0 amide bonds. The van der Waals surface area contributed by atoms with Gasteiger partial charge < -0.3 is 0 Å². The molecule has 24 heavy (non-hydrogen) atoms. The molecule has 0 fully saturated rings. The Morgan fingerprint density at radius 2 is 1.92 bits per heavy atom. The van der Waals surface area contributed by atoms with E-state index in [0.29, 0.717) is 5.52 Å². The van der Waals surface area contributed by atoms with Gasteiger partial charge in [-0.1, -0.05) is 31.2 Å². The maximum atomic E-state index is 13.3. The summed E-state index contributed by atoms with van der Waals surface area (Å²) >= 11 is 0. The number of fused-ring (bicyclic) bond motifs is 2. The highest BCUT2D eigenvalue weighted by atomic mass is 19.1. The predicted molar refractivity (Wildman–Crippen MR) is 94.0 cm³/mol. The van der Waals surface area contributed by atoms with Gasteiger partial charge in [-0.05, 0) is 43.5 Å². The monoisotopic (exact) mass is 319 g/mol. The van der Waals surface area contributed by atoms with Crippen LogP contribution in [0, 0.1) is 5.82 Å². The normalized spacial score (nSPS) is 19.9. The maximum absolute atomic E-state index is 13.3. The minimum absolute atomic E-state index is 0.136. The summed E-state index contributed by atoms with van der Waals surface area (Å²) in [5.74, 6) is -0.302. The van der Waals surface area contributed by atoms with Gasteiger partial charge in [-0.25, -0.2) is 4.39 Å². The Hall–Kier alpha value is -2.62. The average molecular weight is 319 g/mol. The van der Waals surface area contributed by atoms with Gasteiger partial charge in [-0.15, -0.1) is 10.2 Å². The first-order valence-electron chi connectivity index (χ1n) is 8.19. The lowest BCUT2D eigenvalue weighted by Gasteiger charge is -2.31. The second-order valence-electron chi connectivity index (χ2n) is 6.58. The van der Waals surface area contributed by atoms with Crippen molar-refractivity contribution >= 4 is 16.6 Å². The number of aromatic nitrogens is 2. The molecule has 0 radical (unpaired) electrons. The van der Waals surface area contributed by atoms with E-state index in [0.717, 1.165) is 35.2 Å². The first-order chi connectivity index (χ1) is 11.6. The lowest BCUT2D eigenvalue weighted by molar-refractivity contribution is 0.448. The lowest BCUT2D eigenvalue weighted by atomic mass is 9.83. The van der Waals surface area contributed by atoms with Crippen molar-refractivity contribution in [1.29, 1.82) is 0 Å². The molecule has 0 saturated carbocycles. The number of nitrogens with zero attached hydrogens (tertiary/aromatic N) is 3. The van der Waals surface area contributed by atoms with E-state index in [1.807, 2.05) is 12.1 Å². The van der Waals surface area contributed by atoms with Crippen molar-refractivity contribution < 1.29 is 4.39 Å². The molecule has 2 aromatic carbocycles. The Morgan fingerprint density at radius 1 is 1.08 bits per heavy atom. The van der Waals surface area contributed by atoms with E-state index in [9.17, 15) is 4.39 Å². The quantitative estimate of drug-likeness (QED) is 0.705. The number of hydrogen-bond donors (Lipinski definition) is 0. The third-order valence-corrected chi connectivity index (χ3v) is 4.78. The van der Waals surface area contributed by atoms with E-state index in [-0.39, 0.29) is 11.4 Å². The van der Waals surface area contributed by atoms with Crippen molar-refractivity contribution in [3.05, 3.63) is 71.2 Å². The molecule has 1 atom stereocenters. The van der Waals surface area contributed by atoms with Gasteiger partial charge in [0.15, 0.2) is 0 Å². The number of hydrogen-bond acceptors (Lipinski definition) is 3. The van der Waals surface area contributed by atoms with Crippen molar-refractivity contribution in [2.24, 2.45) is 4.99 Å². The summed E-state index contributed by atoms with van der Waals surface area (Å²) < 4.78 is 13.3. The molecule has 3 aromatic rings. The van der Waals surface area contributed by atoms with Gasteiger partial charge in [0.05, 0.1) is 16.8 Å². The predicted octanol–water partition coefficient (Wildman–Crippen LogP) is 4.33. The smallest absolute Gasteiger partial charge is 0.125 e. The molecule has 1 aliphatic rings. The lowest BCUT2D eigenvalue weighted by Crippen LogP contribution is -2.32. The molecule has 1 aliphatic heterocycles. The number of rotatable bonds is 2. The van der Waals surface area contributed by atoms with E-state index in [1.54, 1.807) is 6.07 Å². The summed E-state index contributed by atoms with van der Waals surface area (Å²) in [4.78, 5) is 5.01. The minimum atomic E-state index is -0.302. The van der Waals surface area contributed by atoms with Crippen molar-refractivity contribution in [2.75, 3.05) is 0 Å². The van der Waals surface area contributed by atoms with E-state index in [2.05, 4.69) is 42.2 Å². The summed E-state index contributed by atoms with van der Waals surface area (Å²) in [6.45, 7) is 4.33. The average Bonchev–Trinajstić information content (AvgIpc) is 2.60. The molecule has 0 bridgehead atoms. The van der Waals surface area contributed by atoms with Crippen LogP contribution in [-0.4, -0.2) is 21.4 Å². The molecule has 0 aliphatic carbocycles. The van der Waals surface area contributed by atoms with Crippen molar-refractivity contribution in [2.45, 2.75) is 32.2 Å². The number of benzene rings is 2. The van der Waals surface area contributed by atoms with Crippen LogP contribution in [0.1, 0.15) is 37.1 Å². The Bertz CT molecular complexity index is 964. The molecular weight excluding hydrogens is 301 g/mol. The van der Waals surface area contributed by atoms with Crippen LogP contribution in [0.2, 0.25) is 0 Å². The fourth-order valence-corrected chi connectivity index (χ4v) is 3.21. The maximum Gasteiger partial charge on any atom is 0.125 e. The van der Waals surface area contributed by atoms with Gasteiger partial charge >= 0.3 is 0 Å². The van der Waals surface area contributed by atoms with Crippen molar-refractivity contribution in [3.8, 4) is 0 Å². The van der Waals surface area contributed by atoms with Crippen LogP contribution < -0.4 is 0 Å². The SMILES string of the molecule is CCC1(C)Cc2ccccc2C(c2cc3ccc(F)cc3nn2)=N1. The highest BCUT2D eigenvalue weighted by molar-refractivity contribution is 6.14. The Morgan fingerprint density at radius 3 is 2.75 bits per heavy atom. The zero-order valence-corrected chi connectivity index (χ0v) is 13.8. The molecule has 120 valence electrons. The van der Waals surface area contributed by atoms with E-state index in [1.165, 1.54) is 17.7 Å². The second-order valence-corrected chi connectivity index (χ2v) is 6.58. The van der Waals surface area contributed by atoms with Crippen LogP contribution >= 0.6 is 0 Å². The van der Waals surface area contributed by atoms with E-state index in [4.69, 9.17) is 4.99 Å². The Labute approximate surface area is 140 Å². The second kappa shape index (κ2) is 5.48. The molecule has 0 saturated heterocycles. The first kappa shape index (κ1) is 14.9. The minimum Gasteiger partial charge on any atom is -0.276 e. The molecule has 1 unspecified atom stereocenters. The number of halogens is 1. The summed E-state index contributed by atoms with van der Waals surface area (Å²) in [6.07, 6.45) is 1.88. The molecule has 2 heterocycles. The van der Waals surface area contributed by atoms with Crippen molar-refractivity contribution in [3.63, 3.8) is 0 Å². The highest BCUT2D eigenvalue weighted by Crippen LogP contribution is 2.31. The standard InChI is InChI=1S/C20H18FN3/c1-3-20(2)12-14-6-4-5-7-16(14)19(22-20)18-10-13-8-9-15(21)11-17(13)23-24-18/h4-11H,3,12H2,1-2H3. The first-order valence-corrected chi connectivity index (χ1v) is 8.19. The third-order valence-electron chi connectivity index (χ3n) is 4.78. The van der Waals surface area contributed by atoms with Gasteiger partial charge in [-0.2, -0.15) is 0 Å². The molecule has 3 nitrogen and oxygen atoms in total. The van der Waals surface area contributed by atoms with Gasteiger partial charge in [0.1, 0.15) is 11.5 Å². The fourth-order valence-electron chi connectivity index (χ4n) is 3.21. The summed E-state index contributed by atoms with van der Waals surface area (Å²) in [7, 11) is 0. The van der Waals surface area contributed by atoms with Gasteiger partial charge in [0.25, 0.3) is 0 Å². The molecule has 1 aromatic heterocycles. The number of aliphatic imine (C=N–C) groups is 1. The summed E-state index contributed by atoms with van der Waals surface area (Å²) in [5.41, 5.74) is 4.43. The van der Waals surface area contributed by atoms with Crippen LogP contribution in [0.25, 0.3) is 10.9 Å². The fraction of sp³-hybridized carbons (Fsp3) is 0.250. The zero-order chi connectivity index (χ0) is 16.7. The van der Waals surface area contributed by atoms with Crippen LogP contribution in [0.5, 0.6) is 0 Å². The van der Waals surface area contributed by atoms with Crippen LogP contribution in [0.3, 0.4) is 0 Å². The van der Waals surface area contributed by atoms with Gasteiger partial charge in [0, 0.05) is 17.0 Å². The molecule has 4 rings (SSSR count). The molecular formula is C20H18FN3. The summed E-state index contributed by atoms with van der Waals surface area (Å²) in [6, 6.07) is 14.8. The van der Waals surface area contributed by atoms with Gasteiger partial charge in [0.2, 0.25) is 0 Å². The Balaban J connectivity index is 1.91. The topological polar surface area (TPSA) is 38.1 Å². The Kier molecular flexibility index (Phi) is 3.41.